The average Bonchev–Trinajstić information content (AvgIpc) is 2.24. The van der Waals surface area contributed by atoms with Gasteiger partial charge in [0.2, 0.25) is 0 Å². The second kappa shape index (κ2) is 0.453. The van der Waals surface area contributed by atoms with E-state index in [0.717, 1.165) is 6.04 Å². The number of rotatable bonds is 0. The van der Waals surface area contributed by atoms with Crippen molar-refractivity contribution in [3.63, 3.8) is 0 Å². The number of hydrazine groups is 1. The zero-order valence-corrected chi connectivity index (χ0v) is 4.02. The van der Waals surface area contributed by atoms with Crippen LogP contribution in [0.1, 0.15) is 13.8 Å². The standard InChI is InChI=1S/C4H8N2/c1-3-4(2)5-6(3)4/h3,5H,1-2H3/t3?,4-,6?/m1/s1. The summed E-state index contributed by atoms with van der Waals surface area (Å²) < 4.78 is 0. The highest BCUT2D eigenvalue weighted by atomic mass is 15.9. The van der Waals surface area contributed by atoms with E-state index in [4.69, 9.17) is 0 Å². The Bertz CT molecular complexity index is 95.7. The van der Waals surface area contributed by atoms with E-state index < -0.39 is 0 Å². The van der Waals surface area contributed by atoms with Gasteiger partial charge in [-0.05, 0) is 13.8 Å². The van der Waals surface area contributed by atoms with E-state index >= 15 is 0 Å². The van der Waals surface area contributed by atoms with Crippen LogP contribution in [-0.2, 0) is 0 Å². The molecule has 0 aromatic heterocycles. The molecule has 2 nitrogen and oxygen atoms in total. The number of nitrogens with one attached hydrogen (secondary N) is 1. The van der Waals surface area contributed by atoms with Crippen molar-refractivity contribution >= 4 is 0 Å². The Balaban J connectivity index is 2.23. The normalized spacial score (nSPS) is 73.0. The lowest BCUT2D eigenvalue weighted by Gasteiger charge is -1.91. The molecule has 34 valence electrons. The number of fused-ring (bicyclic) bond motifs is 1. The summed E-state index contributed by atoms with van der Waals surface area (Å²) in [7, 11) is 0. The lowest BCUT2D eigenvalue weighted by atomic mass is 10.3. The minimum atomic E-state index is 0.458. The first-order valence-corrected chi connectivity index (χ1v) is 2.32. The van der Waals surface area contributed by atoms with Crippen LogP contribution in [0.15, 0.2) is 0 Å². The third kappa shape index (κ3) is 0.117. The molecule has 2 aliphatic heterocycles. The Morgan fingerprint density at radius 3 is 2.17 bits per heavy atom. The highest BCUT2D eigenvalue weighted by Crippen LogP contribution is 2.49. The Morgan fingerprint density at radius 2 is 2.17 bits per heavy atom. The van der Waals surface area contributed by atoms with Crippen LogP contribution in [0.5, 0.6) is 0 Å². The molecule has 0 aromatic carbocycles. The smallest absolute Gasteiger partial charge is 0.112 e. The largest absolute Gasteiger partial charge is 0.230 e. The van der Waals surface area contributed by atoms with Crippen LogP contribution < -0.4 is 5.43 Å². The lowest BCUT2D eigenvalue weighted by Crippen LogP contribution is -2.18. The number of hydrogen-bond acceptors (Lipinski definition) is 2. The van der Waals surface area contributed by atoms with Crippen LogP contribution in [-0.4, -0.2) is 16.7 Å². The monoisotopic (exact) mass is 84.1 g/mol. The van der Waals surface area contributed by atoms with Gasteiger partial charge in [-0.3, -0.25) is 0 Å². The summed E-state index contributed by atoms with van der Waals surface area (Å²) in [4.78, 5) is 0. The molecule has 2 heteroatoms. The van der Waals surface area contributed by atoms with E-state index in [9.17, 15) is 0 Å². The number of nitrogens with zero attached hydrogens (tertiary/aromatic N) is 1. The molecule has 6 heavy (non-hydrogen) atoms. The Morgan fingerprint density at radius 1 is 1.83 bits per heavy atom. The van der Waals surface area contributed by atoms with Crippen molar-refractivity contribution in [3.8, 4) is 0 Å². The van der Waals surface area contributed by atoms with Crippen molar-refractivity contribution in [2.24, 2.45) is 0 Å². The van der Waals surface area contributed by atoms with Gasteiger partial charge in [0.05, 0.1) is 6.04 Å². The van der Waals surface area contributed by atoms with Gasteiger partial charge in [-0.1, -0.05) is 0 Å². The van der Waals surface area contributed by atoms with E-state index in [1.54, 1.807) is 0 Å². The highest BCUT2D eigenvalue weighted by Gasteiger charge is 2.72. The van der Waals surface area contributed by atoms with Crippen molar-refractivity contribution in [1.82, 2.24) is 10.4 Å². The predicted octanol–water partition coefficient (Wildman–Crippen LogP) is -0.0751. The summed E-state index contributed by atoms with van der Waals surface area (Å²) in [6.45, 7) is 4.42. The van der Waals surface area contributed by atoms with Gasteiger partial charge < -0.3 is 0 Å². The minimum absolute atomic E-state index is 0.458. The third-order valence-corrected chi connectivity index (χ3v) is 1.93. The molecule has 1 N–H and O–H groups in total. The maximum absolute atomic E-state index is 3.15. The molecule has 0 radical (unpaired) electrons. The van der Waals surface area contributed by atoms with Crippen molar-refractivity contribution in [1.29, 1.82) is 0 Å². The molecule has 0 spiro atoms. The summed E-state index contributed by atoms with van der Waals surface area (Å²) in [5.41, 5.74) is 3.61. The first kappa shape index (κ1) is 2.99. The van der Waals surface area contributed by atoms with Gasteiger partial charge in [0.15, 0.2) is 0 Å². The molecule has 2 aliphatic rings. The molecule has 2 unspecified atom stereocenters. The molecular weight excluding hydrogens is 76.1 g/mol. The molecule has 0 bridgehead atoms. The predicted molar refractivity (Wildman–Crippen MR) is 22.8 cm³/mol. The van der Waals surface area contributed by atoms with Crippen LogP contribution in [0.2, 0.25) is 0 Å². The fourth-order valence-corrected chi connectivity index (χ4v) is 0.898. The van der Waals surface area contributed by atoms with Gasteiger partial charge in [-0.25, -0.2) is 10.4 Å². The molecule has 2 saturated heterocycles. The fraction of sp³-hybridized carbons (Fsp3) is 1.00. The molecule has 0 saturated carbocycles. The summed E-state index contributed by atoms with van der Waals surface area (Å²) in [6.07, 6.45) is 0. The maximum atomic E-state index is 3.15. The molecular formula is C4H8N2. The van der Waals surface area contributed by atoms with Crippen molar-refractivity contribution in [3.05, 3.63) is 0 Å². The summed E-state index contributed by atoms with van der Waals surface area (Å²) in [5, 5.41) is 2.23. The third-order valence-electron chi connectivity index (χ3n) is 1.93. The summed E-state index contributed by atoms with van der Waals surface area (Å²) in [5.74, 6) is 0. The lowest BCUT2D eigenvalue weighted by molar-refractivity contribution is 0.541. The zero-order chi connectivity index (χ0) is 4.36. The van der Waals surface area contributed by atoms with E-state index in [0.29, 0.717) is 5.66 Å². The topological polar surface area (TPSA) is 25.0 Å². The second-order valence-electron chi connectivity index (χ2n) is 2.31. The molecule has 2 fully saturated rings. The van der Waals surface area contributed by atoms with Crippen LogP contribution in [0, 0.1) is 0 Å². The first-order valence-electron chi connectivity index (χ1n) is 2.32. The molecule has 2 rings (SSSR count). The Hall–Kier alpha value is -0.0800. The average molecular weight is 84.1 g/mol. The Labute approximate surface area is 37.1 Å². The molecule has 0 amide bonds. The maximum Gasteiger partial charge on any atom is 0.112 e. The molecule has 3 atom stereocenters. The van der Waals surface area contributed by atoms with Crippen molar-refractivity contribution in [2.45, 2.75) is 25.6 Å². The minimum Gasteiger partial charge on any atom is -0.230 e. The van der Waals surface area contributed by atoms with Gasteiger partial charge in [0, 0.05) is 0 Å². The molecule has 2 heterocycles. The second-order valence-corrected chi connectivity index (χ2v) is 2.31. The summed E-state index contributed by atoms with van der Waals surface area (Å²) >= 11 is 0. The SMILES string of the molecule is CC1N2N[C@@]12C. The molecule has 0 aromatic rings. The van der Waals surface area contributed by atoms with E-state index in [1.165, 1.54) is 0 Å². The number of hydrogen-bond donors (Lipinski definition) is 1. The fourth-order valence-electron chi connectivity index (χ4n) is 0.898. The van der Waals surface area contributed by atoms with Gasteiger partial charge in [0.25, 0.3) is 0 Å². The quantitative estimate of drug-likeness (QED) is 0.415. The van der Waals surface area contributed by atoms with Crippen molar-refractivity contribution < 1.29 is 0 Å². The van der Waals surface area contributed by atoms with Gasteiger partial charge >= 0.3 is 0 Å². The van der Waals surface area contributed by atoms with Gasteiger partial charge in [-0.2, -0.15) is 0 Å². The van der Waals surface area contributed by atoms with Crippen LogP contribution in [0.25, 0.3) is 0 Å². The Kier molecular flexibility index (Phi) is 0.226. The van der Waals surface area contributed by atoms with Crippen LogP contribution in [0.3, 0.4) is 0 Å². The highest BCUT2D eigenvalue weighted by molar-refractivity contribution is 5.20. The summed E-state index contributed by atoms with van der Waals surface area (Å²) in [6, 6.07) is 0.817. The van der Waals surface area contributed by atoms with E-state index in [2.05, 4.69) is 24.3 Å². The zero-order valence-electron chi connectivity index (χ0n) is 4.02. The van der Waals surface area contributed by atoms with Crippen LogP contribution in [0.4, 0.5) is 0 Å². The van der Waals surface area contributed by atoms with Gasteiger partial charge in [-0.15, -0.1) is 0 Å². The van der Waals surface area contributed by atoms with Crippen LogP contribution >= 0.6 is 0 Å². The van der Waals surface area contributed by atoms with Crippen molar-refractivity contribution in [2.75, 3.05) is 0 Å². The van der Waals surface area contributed by atoms with E-state index in [-0.39, 0.29) is 0 Å². The van der Waals surface area contributed by atoms with E-state index in [1.807, 2.05) is 0 Å². The first-order chi connectivity index (χ1) is 2.75. The van der Waals surface area contributed by atoms with Gasteiger partial charge in [0.1, 0.15) is 5.66 Å². The molecule has 0 aliphatic carbocycles.